The van der Waals surface area contributed by atoms with Crippen molar-refractivity contribution in [1.29, 1.82) is 0 Å². The van der Waals surface area contributed by atoms with Gasteiger partial charge in [0.05, 0.1) is 12.7 Å². The van der Waals surface area contributed by atoms with Gasteiger partial charge in [0, 0.05) is 24.9 Å². The van der Waals surface area contributed by atoms with Crippen molar-refractivity contribution in [3.8, 4) is 11.5 Å². The Kier molecular flexibility index (Phi) is 7.92. The predicted molar refractivity (Wildman–Crippen MR) is 102 cm³/mol. The molecule has 0 spiro atoms. The average Bonchev–Trinajstić information content (AvgIpc) is 2.61. The van der Waals surface area contributed by atoms with E-state index in [2.05, 4.69) is 10.6 Å². The average molecular weight is 358 g/mol. The molecule has 0 aliphatic rings. The standard InChI is InChI=1S/C20H26N2O4/c1-15(2)13-25-14-17(23)12-21-20(24)22-16-7-6-10-19(11-16)26-18-8-4-3-5-9-18/h3-11,15,17,23H,12-14H2,1-2H3,(H2,21,22,24). The molecule has 0 fully saturated rings. The van der Waals surface area contributed by atoms with Crippen LogP contribution < -0.4 is 15.4 Å². The lowest BCUT2D eigenvalue weighted by Gasteiger charge is -2.14. The van der Waals surface area contributed by atoms with Crippen molar-refractivity contribution >= 4 is 11.7 Å². The fourth-order valence-corrected chi connectivity index (χ4v) is 2.15. The van der Waals surface area contributed by atoms with Crippen LogP contribution in [0.15, 0.2) is 54.6 Å². The zero-order valence-electron chi connectivity index (χ0n) is 15.1. The summed E-state index contributed by atoms with van der Waals surface area (Å²) in [5.41, 5.74) is 0.599. The summed E-state index contributed by atoms with van der Waals surface area (Å²) in [6.45, 7) is 4.96. The summed E-state index contributed by atoms with van der Waals surface area (Å²) in [7, 11) is 0. The minimum atomic E-state index is -0.743. The summed E-state index contributed by atoms with van der Waals surface area (Å²) in [5, 5.41) is 15.1. The third kappa shape index (κ3) is 7.55. The number of carbonyl (C=O) groups is 1. The van der Waals surface area contributed by atoms with Gasteiger partial charge < -0.3 is 25.2 Å². The zero-order valence-corrected chi connectivity index (χ0v) is 15.1. The molecule has 0 saturated carbocycles. The summed E-state index contributed by atoms with van der Waals surface area (Å²) in [6, 6.07) is 16.1. The highest BCUT2D eigenvalue weighted by Gasteiger charge is 2.08. The van der Waals surface area contributed by atoms with Crippen molar-refractivity contribution in [2.45, 2.75) is 20.0 Å². The van der Waals surface area contributed by atoms with E-state index in [9.17, 15) is 9.90 Å². The molecule has 0 radical (unpaired) electrons. The number of hydrogen-bond donors (Lipinski definition) is 3. The fraction of sp³-hybridized carbons (Fsp3) is 0.350. The van der Waals surface area contributed by atoms with E-state index in [-0.39, 0.29) is 13.2 Å². The minimum absolute atomic E-state index is 0.115. The van der Waals surface area contributed by atoms with Crippen LogP contribution in [-0.2, 0) is 4.74 Å². The first-order valence-electron chi connectivity index (χ1n) is 8.66. The predicted octanol–water partition coefficient (Wildman–Crippen LogP) is 3.63. The first-order chi connectivity index (χ1) is 12.5. The van der Waals surface area contributed by atoms with Crippen molar-refractivity contribution in [2.75, 3.05) is 25.1 Å². The Morgan fingerprint density at radius 1 is 1.04 bits per heavy atom. The smallest absolute Gasteiger partial charge is 0.319 e. The van der Waals surface area contributed by atoms with Crippen LogP contribution in [0, 0.1) is 5.92 Å². The first kappa shape index (κ1) is 19.8. The fourth-order valence-electron chi connectivity index (χ4n) is 2.15. The maximum Gasteiger partial charge on any atom is 0.319 e. The van der Waals surface area contributed by atoms with E-state index in [4.69, 9.17) is 9.47 Å². The number of anilines is 1. The Morgan fingerprint density at radius 3 is 2.50 bits per heavy atom. The molecular formula is C20H26N2O4. The van der Waals surface area contributed by atoms with Gasteiger partial charge in [-0.15, -0.1) is 0 Å². The van der Waals surface area contributed by atoms with E-state index in [1.54, 1.807) is 18.2 Å². The van der Waals surface area contributed by atoms with Crippen LogP contribution in [0.5, 0.6) is 11.5 Å². The summed E-state index contributed by atoms with van der Waals surface area (Å²) in [5.74, 6) is 1.75. The number of hydrogen-bond acceptors (Lipinski definition) is 4. The lowest BCUT2D eigenvalue weighted by atomic mass is 10.2. The highest BCUT2D eigenvalue weighted by molar-refractivity contribution is 5.89. The minimum Gasteiger partial charge on any atom is -0.457 e. The molecule has 2 amide bonds. The third-order valence-corrected chi connectivity index (χ3v) is 3.33. The highest BCUT2D eigenvalue weighted by atomic mass is 16.5. The van der Waals surface area contributed by atoms with Gasteiger partial charge in [-0.25, -0.2) is 4.79 Å². The van der Waals surface area contributed by atoms with Gasteiger partial charge >= 0.3 is 6.03 Å². The molecule has 3 N–H and O–H groups in total. The number of carbonyl (C=O) groups excluding carboxylic acids is 1. The van der Waals surface area contributed by atoms with Crippen LogP contribution in [0.2, 0.25) is 0 Å². The maximum atomic E-state index is 12.0. The number of aliphatic hydroxyl groups is 1. The number of para-hydroxylation sites is 1. The van der Waals surface area contributed by atoms with Gasteiger partial charge in [-0.2, -0.15) is 0 Å². The van der Waals surface area contributed by atoms with Gasteiger partial charge in [0.25, 0.3) is 0 Å². The quantitative estimate of drug-likeness (QED) is 0.639. The molecule has 0 heterocycles. The highest BCUT2D eigenvalue weighted by Crippen LogP contribution is 2.23. The molecule has 2 aromatic carbocycles. The van der Waals surface area contributed by atoms with Crippen LogP contribution in [0.4, 0.5) is 10.5 Å². The summed E-state index contributed by atoms with van der Waals surface area (Å²) in [4.78, 5) is 12.0. The Morgan fingerprint density at radius 2 is 1.77 bits per heavy atom. The van der Waals surface area contributed by atoms with Gasteiger partial charge in [0.15, 0.2) is 0 Å². The van der Waals surface area contributed by atoms with Crippen LogP contribution >= 0.6 is 0 Å². The Balaban J connectivity index is 1.77. The maximum absolute atomic E-state index is 12.0. The van der Waals surface area contributed by atoms with Gasteiger partial charge in [0.2, 0.25) is 0 Å². The number of amides is 2. The van der Waals surface area contributed by atoms with Crippen LogP contribution in [-0.4, -0.2) is 37.0 Å². The molecule has 2 aromatic rings. The van der Waals surface area contributed by atoms with Gasteiger partial charge in [0.1, 0.15) is 11.5 Å². The molecular weight excluding hydrogens is 332 g/mol. The molecule has 0 aliphatic heterocycles. The second kappa shape index (κ2) is 10.4. The number of rotatable bonds is 9. The first-order valence-corrected chi connectivity index (χ1v) is 8.66. The lowest BCUT2D eigenvalue weighted by Crippen LogP contribution is -2.37. The molecule has 140 valence electrons. The van der Waals surface area contributed by atoms with E-state index < -0.39 is 12.1 Å². The number of urea groups is 1. The summed E-state index contributed by atoms with van der Waals surface area (Å²) < 4.78 is 11.1. The van der Waals surface area contributed by atoms with Crippen molar-refractivity contribution in [2.24, 2.45) is 5.92 Å². The van der Waals surface area contributed by atoms with Crippen molar-refractivity contribution in [1.82, 2.24) is 5.32 Å². The molecule has 0 bridgehead atoms. The summed E-state index contributed by atoms with van der Waals surface area (Å²) in [6.07, 6.45) is -0.743. The van der Waals surface area contributed by atoms with Crippen LogP contribution in [0.25, 0.3) is 0 Å². The van der Waals surface area contributed by atoms with E-state index >= 15 is 0 Å². The second-order valence-corrected chi connectivity index (χ2v) is 6.36. The number of nitrogens with one attached hydrogen (secondary N) is 2. The van der Waals surface area contributed by atoms with Crippen LogP contribution in [0.1, 0.15) is 13.8 Å². The van der Waals surface area contributed by atoms with E-state index in [1.165, 1.54) is 0 Å². The SMILES string of the molecule is CC(C)COCC(O)CNC(=O)Nc1cccc(Oc2ccccc2)c1. The molecule has 6 heteroatoms. The monoisotopic (exact) mass is 358 g/mol. The van der Waals surface area contributed by atoms with E-state index in [1.807, 2.05) is 50.2 Å². The Labute approximate surface area is 154 Å². The summed E-state index contributed by atoms with van der Waals surface area (Å²) >= 11 is 0. The van der Waals surface area contributed by atoms with Gasteiger partial charge in [-0.05, 0) is 30.2 Å². The Hall–Kier alpha value is -2.57. The molecule has 26 heavy (non-hydrogen) atoms. The number of aliphatic hydroxyl groups excluding tert-OH is 1. The number of benzene rings is 2. The van der Waals surface area contributed by atoms with Crippen LogP contribution in [0.3, 0.4) is 0 Å². The Bertz CT molecular complexity index is 677. The van der Waals surface area contributed by atoms with E-state index in [0.29, 0.717) is 24.0 Å². The third-order valence-electron chi connectivity index (χ3n) is 3.33. The van der Waals surface area contributed by atoms with Gasteiger partial charge in [-0.1, -0.05) is 38.1 Å². The van der Waals surface area contributed by atoms with Crippen molar-refractivity contribution in [3.63, 3.8) is 0 Å². The molecule has 1 atom stereocenters. The zero-order chi connectivity index (χ0) is 18.8. The second-order valence-electron chi connectivity index (χ2n) is 6.36. The lowest BCUT2D eigenvalue weighted by molar-refractivity contribution is 0.0274. The molecule has 0 saturated heterocycles. The van der Waals surface area contributed by atoms with Crippen molar-refractivity contribution in [3.05, 3.63) is 54.6 Å². The van der Waals surface area contributed by atoms with Crippen molar-refractivity contribution < 1.29 is 19.4 Å². The molecule has 0 aliphatic carbocycles. The topological polar surface area (TPSA) is 79.8 Å². The van der Waals surface area contributed by atoms with Gasteiger partial charge in [-0.3, -0.25) is 0 Å². The molecule has 2 rings (SSSR count). The normalized spacial score (nSPS) is 11.8. The molecule has 0 aromatic heterocycles. The van der Waals surface area contributed by atoms with E-state index in [0.717, 1.165) is 5.75 Å². The molecule has 6 nitrogen and oxygen atoms in total. The molecule has 1 unspecified atom stereocenters. The largest absolute Gasteiger partial charge is 0.457 e. The number of ether oxygens (including phenoxy) is 2.